The predicted octanol–water partition coefficient (Wildman–Crippen LogP) is 1.95. The van der Waals surface area contributed by atoms with Crippen molar-refractivity contribution in [2.75, 3.05) is 24.2 Å². The second-order valence-electron chi connectivity index (χ2n) is 5.57. The summed E-state index contributed by atoms with van der Waals surface area (Å²) in [4.78, 5) is 12.3. The number of carbonyl (C=O) groups is 1. The average Bonchev–Trinajstić information content (AvgIpc) is 2.72. The Morgan fingerprint density at radius 2 is 1.79 bits per heavy atom. The number of anilines is 1. The lowest BCUT2D eigenvalue weighted by Crippen LogP contribution is -2.38. The summed E-state index contributed by atoms with van der Waals surface area (Å²) in [5.74, 6) is 0.401. The van der Waals surface area contributed by atoms with Gasteiger partial charge in [0.05, 0.1) is 30.7 Å². The van der Waals surface area contributed by atoms with Crippen molar-refractivity contribution in [2.24, 2.45) is 0 Å². The smallest absolute Gasteiger partial charge is 0.253 e. The van der Waals surface area contributed by atoms with Crippen molar-refractivity contribution in [1.29, 1.82) is 0 Å². The van der Waals surface area contributed by atoms with E-state index in [2.05, 4.69) is 5.32 Å². The normalized spacial score (nSPS) is 17.7. The molecule has 6 nitrogen and oxygen atoms in total. The van der Waals surface area contributed by atoms with E-state index in [1.807, 2.05) is 12.1 Å². The third-order valence-electron chi connectivity index (χ3n) is 3.98. The number of hydrogen-bond acceptors (Lipinski definition) is 4. The molecule has 1 atom stereocenters. The number of nitrogens with zero attached hydrogens (tertiary/aromatic N) is 1. The number of carbonyl (C=O) groups excluding carboxylic acids is 1. The average molecular weight is 346 g/mol. The highest BCUT2D eigenvalue weighted by Crippen LogP contribution is 2.34. The summed E-state index contributed by atoms with van der Waals surface area (Å²) >= 11 is 0. The summed E-state index contributed by atoms with van der Waals surface area (Å²) in [5, 5.41) is 2.80. The van der Waals surface area contributed by atoms with Crippen molar-refractivity contribution in [3.63, 3.8) is 0 Å². The van der Waals surface area contributed by atoms with Gasteiger partial charge >= 0.3 is 0 Å². The first-order valence-corrected chi connectivity index (χ1v) is 9.27. The molecule has 0 fully saturated rings. The van der Waals surface area contributed by atoms with Gasteiger partial charge in [0.1, 0.15) is 5.75 Å². The number of ether oxygens (including phenoxy) is 1. The Labute approximate surface area is 141 Å². The topological polar surface area (TPSA) is 75.7 Å². The van der Waals surface area contributed by atoms with E-state index >= 15 is 0 Å². The summed E-state index contributed by atoms with van der Waals surface area (Å²) in [7, 11) is -2.02. The molecule has 0 bridgehead atoms. The molecular formula is C17H18N2O4S. The lowest BCUT2D eigenvalue weighted by Gasteiger charge is -2.30. The molecule has 3 rings (SSSR count). The van der Waals surface area contributed by atoms with E-state index in [9.17, 15) is 13.2 Å². The highest BCUT2D eigenvalue weighted by Gasteiger charge is 2.34. The van der Waals surface area contributed by atoms with Crippen LogP contribution >= 0.6 is 0 Å². The Morgan fingerprint density at radius 3 is 2.42 bits per heavy atom. The second kappa shape index (κ2) is 6.16. The molecule has 0 spiro atoms. The van der Waals surface area contributed by atoms with Crippen LogP contribution in [-0.4, -0.2) is 34.2 Å². The summed E-state index contributed by atoms with van der Waals surface area (Å²) in [6.07, 6.45) is 1.15. The fourth-order valence-corrected chi connectivity index (χ4v) is 4.06. The molecule has 1 N–H and O–H groups in total. The van der Waals surface area contributed by atoms with Crippen LogP contribution in [0.3, 0.4) is 0 Å². The van der Waals surface area contributed by atoms with Gasteiger partial charge < -0.3 is 10.1 Å². The minimum Gasteiger partial charge on any atom is -0.497 e. The number of nitrogens with one attached hydrogen (secondary N) is 1. The van der Waals surface area contributed by atoms with Crippen LogP contribution in [0.15, 0.2) is 48.5 Å². The van der Waals surface area contributed by atoms with Gasteiger partial charge in [-0.3, -0.25) is 9.10 Å². The molecule has 1 unspecified atom stereocenters. The van der Waals surface area contributed by atoms with Crippen LogP contribution in [0.4, 0.5) is 5.69 Å². The molecular weight excluding hydrogens is 328 g/mol. The lowest BCUT2D eigenvalue weighted by molar-refractivity contribution is 0.0955. The van der Waals surface area contributed by atoms with E-state index in [1.165, 1.54) is 4.31 Å². The highest BCUT2D eigenvalue weighted by atomic mass is 32.2. The fraction of sp³-hybridized carbons (Fsp3) is 0.235. The largest absolute Gasteiger partial charge is 0.497 e. The number of hydrogen-bond donors (Lipinski definition) is 1. The maximum atomic E-state index is 12.5. The maximum Gasteiger partial charge on any atom is 0.253 e. The lowest BCUT2D eigenvalue weighted by atomic mass is 10.1. The van der Waals surface area contributed by atoms with Crippen molar-refractivity contribution in [3.8, 4) is 5.75 Å². The third kappa shape index (κ3) is 2.94. The molecule has 1 heterocycles. The Bertz CT molecular complexity index is 862. The van der Waals surface area contributed by atoms with Gasteiger partial charge in [0, 0.05) is 6.54 Å². The van der Waals surface area contributed by atoms with Crippen LogP contribution in [0.1, 0.15) is 22.0 Å². The zero-order valence-corrected chi connectivity index (χ0v) is 14.2. The Hall–Kier alpha value is -2.54. The van der Waals surface area contributed by atoms with Gasteiger partial charge in [-0.1, -0.05) is 24.3 Å². The number of sulfonamides is 1. The van der Waals surface area contributed by atoms with Crippen molar-refractivity contribution >= 4 is 21.6 Å². The van der Waals surface area contributed by atoms with Gasteiger partial charge in [-0.25, -0.2) is 8.42 Å². The molecule has 0 saturated heterocycles. The first kappa shape index (κ1) is 16.3. The Balaban J connectivity index is 2.16. The summed E-state index contributed by atoms with van der Waals surface area (Å²) in [6.45, 7) is 0.187. The molecule has 1 aliphatic heterocycles. The molecule has 24 heavy (non-hydrogen) atoms. The van der Waals surface area contributed by atoms with Gasteiger partial charge in [-0.05, 0) is 29.8 Å². The fourth-order valence-electron chi connectivity index (χ4n) is 2.88. The van der Waals surface area contributed by atoms with Crippen LogP contribution in [0.25, 0.3) is 0 Å². The summed E-state index contributed by atoms with van der Waals surface area (Å²) < 4.78 is 31.4. The van der Waals surface area contributed by atoms with Crippen LogP contribution in [0, 0.1) is 0 Å². The molecule has 0 saturated carbocycles. The number of benzene rings is 2. The molecule has 1 aliphatic rings. The van der Waals surface area contributed by atoms with Crippen molar-refractivity contribution in [2.45, 2.75) is 6.04 Å². The van der Waals surface area contributed by atoms with Crippen LogP contribution in [-0.2, 0) is 10.0 Å². The van der Waals surface area contributed by atoms with E-state index in [0.29, 0.717) is 17.0 Å². The number of rotatable bonds is 3. The number of para-hydroxylation sites is 1. The van der Waals surface area contributed by atoms with E-state index in [0.717, 1.165) is 11.8 Å². The van der Waals surface area contributed by atoms with E-state index in [4.69, 9.17) is 4.74 Å². The minimum atomic E-state index is -3.59. The van der Waals surface area contributed by atoms with Crippen LogP contribution in [0.5, 0.6) is 5.75 Å². The molecule has 0 aliphatic carbocycles. The first-order chi connectivity index (χ1) is 11.4. The van der Waals surface area contributed by atoms with Crippen molar-refractivity contribution in [3.05, 3.63) is 59.7 Å². The minimum absolute atomic E-state index is 0.187. The molecule has 126 valence electrons. The number of methoxy groups -OCH3 is 1. The molecule has 2 aromatic carbocycles. The summed E-state index contributed by atoms with van der Waals surface area (Å²) in [6, 6.07) is 13.3. The molecule has 7 heteroatoms. The quantitative estimate of drug-likeness (QED) is 0.922. The van der Waals surface area contributed by atoms with E-state index in [-0.39, 0.29) is 12.5 Å². The summed E-state index contributed by atoms with van der Waals surface area (Å²) in [5.41, 5.74) is 1.51. The first-order valence-electron chi connectivity index (χ1n) is 7.42. The second-order valence-corrected chi connectivity index (χ2v) is 7.43. The van der Waals surface area contributed by atoms with Crippen LogP contribution < -0.4 is 14.4 Å². The van der Waals surface area contributed by atoms with Gasteiger partial charge in [-0.2, -0.15) is 0 Å². The van der Waals surface area contributed by atoms with E-state index in [1.54, 1.807) is 43.5 Å². The Morgan fingerprint density at radius 1 is 1.12 bits per heavy atom. The monoisotopic (exact) mass is 346 g/mol. The Kier molecular flexibility index (Phi) is 4.19. The maximum absolute atomic E-state index is 12.5. The standard InChI is InChI=1S/C17H18N2O4S/c1-23-13-9-7-12(8-10-13)16-11-18-17(20)14-5-3-4-6-15(14)19(16)24(2,21)22/h3-10,16H,11H2,1-2H3,(H,18,20). The van der Waals surface area contributed by atoms with Crippen LogP contribution in [0.2, 0.25) is 0 Å². The van der Waals surface area contributed by atoms with Crippen molar-refractivity contribution < 1.29 is 17.9 Å². The SMILES string of the molecule is COc1ccc(C2CNC(=O)c3ccccc3N2S(C)(=O)=O)cc1. The molecule has 1 amide bonds. The zero-order valence-electron chi connectivity index (χ0n) is 13.4. The van der Waals surface area contributed by atoms with Gasteiger partial charge in [-0.15, -0.1) is 0 Å². The molecule has 0 aromatic heterocycles. The predicted molar refractivity (Wildman–Crippen MR) is 91.8 cm³/mol. The van der Waals surface area contributed by atoms with Gasteiger partial charge in [0.25, 0.3) is 5.91 Å². The molecule has 0 radical (unpaired) electrons. The zero-order chi connectivity index (χ0) is 17.3. The van der Waals surface area contributed by atoms with E-state index < -0.39 is 16.1 Å². The van der Waals surface area contributed by atoms with Crippen molar-refractivity contribution in [1.82, 2.24) is 5.32 Å². The highest BCUT2D eigenvalue weighted by molar-refractivity contribution is 7.92. The third-order valence-corrected chi connectivity index (χ3v) is 5.15. The van der Waals surface area contributed by atoms with Gasteiger partial charge in [0.2, 0.25) is 10.0 Å². The van der Waals surface area contributed by atoms with Gasteiger partial charge in [0.15, 0.2) is 0 Å². The molecule has 2 aromatic rings. The number of amides is 1. The number of fused-ring (bicyclic) bond motifs is 1.